The highest BCUT2D eigenvalue weighted by atomic mass is 16.5. The molecule has 1 spiro atoms. The lowest BCUT2D eigenvalue weighted by molar-refractivity contribution is -0.142. The van der Waals surface area contributed by atoms with Crippen LogP contribution in [-0.4, -0.2) is 53.5 Å². The monoisotopic (exact) mass is 585 g/mol. The standard InChI is InChI=1S/C35H43N3O5/c1-20(2)23-13-15-25(16-14-23)36-32(39)29-28-17-18-35(43-28)30(29)34(41)38(19-24-10-6-7-12-27(24)42-5)31(35)33(40)37-26-11-8-9-21(3)22(26)4/h6-7,10,12-18,20-22,26,28-31H,8-9,11,19H2,1-5H3,(H,36,39)(H,37,40)/t21?,22?,26?,28-,29?,30-,31?,35?/m1/s1. The van der Waals surface area contributed by atoms with Crippen molar-refractivity contribution in [2.75, 3.05) is 12.4 Å². The second kappa shape index (κ2) is 11.5. The highest BCUT2D eigenvalue weighted by molar-refractivity contribution is 6.02. The highest BCUT2D eigenvalue weighted by Crippen LogP contribution is 2.55. The number of nitrogens with one attached hydrogen (secondary N) is 2. The van der Waals surface area contributed by atoms with Crippen LogP contribution >= 0.6 is 0 Å². The molecule has 8 nitrogen and oxygen atoms in total. The molecular weight excluding hydrogens is 542 g/mol. The summed E-state index contributed by atoms with van der Waals surface area (Å²) in [6, 6.07) is 14.4. The first-order valence-corrected chi connectivity index (χ1v) is 15.7. The second-order valence-corrected chi connectivity index (χ2v) is 13.1. The van der Waals surface area contributed by atoms with Gasteiger partial charge >= 0.3 is 0 Å². The summed E-state index contributed by atoms with van der Waals surface area (Å²) in [5.41, 5.74) is 1.41. The van der Waals surface area contributed by atoms with E-state index in [9.17, 15) is 14.4 Å². The lowest BCUT2D eigenvalue weighted by Gasteiger charge is -2.38. The van der Waals surface area contributed by atoms with Crippen molar-refractivity contribution in [2.45, 2.75) is 83.2 Å². The van der Waals surface area contributed by atoms with E-state index in [4.69, 9.17) is 9.47 Å². The predicted molar refractivity (Wildman–Crippen MR) is 164 cm³/mol. The summed E-state index contributed by atoms with van der Waals surface area (Å²) < 4.78 is 12.1. The molecule has 3 heterocycles. The molecule has 4 aliphatic rings. The van der Waals surface area contributed by atoms with Gasteiger partial charge in [0.05, 0.1) is 31.6 Å². The summed E-state index contributed by atoms with van der Waals surface area (Å²) in [6.45, 7) is 8.83. The van der Waals surface area contributed by atoms with Gasteiger partial charge in [0, 0.05) is 17.3 Å². The minimum atomic E-state index is -1.22. The Balaban J connectivity index is 1.32. The van der Waals surface area contributed by atoms with E-state index in [-0.39, 0.29) is 30.3 Å². The Morgan fingerprint density at radius 3 is 2.53 bits per heavy atom. The number of hydrogen-bond acceptors (Lipinski definition) is 5. The van der Waals surface area contributed by atoms with Gasteiger partial charge in [0.1, 0.15) is 17.4 Å². The topological polar surface area (TPSA) is 97.0 Å². The van der Waals surface area contributed by atoms with Gasteiger partial charge in [-0.15, -0.1) is 0 Å². The van der Waals surface area contributed by atoms with Crippen LogP contribution in [0.15, 0.2) is 60.7 Å². The van der Waals surface area contributed by atoms with Crippen molar-refractivity contribution in [1.82, 2.24) is 10.2 Å². The molecule has 43 heavy (non-hydrogen) atoms. The number of benzene rings is 2. The smallest absolute Gasteiger partial charge is 0.246 e. The Labute approximate surface area is 254 Å². The Bertz CT molecular complexity index is 1420. The number of para-hydroxylation sites is 1. The third-order valence-corrected chi connectivity index (χ3v) is 10.3. The van der Waals surface area contributed by atoms with Crippen LogP contribution in [0.5, 0.6) is 5.75 Å². The molecule has 8 heteroatoms. The molecule has 0 aromatic heterocycles. The number of nitrogens with zero attached hydrogens (tertiary/aromatic N) is 1. The van der Waals surface area contributed by atoms with Gasteiger partial charge in [-0.05, 0) is 47.9 Å². The Hall–Kier alpha value is -3.65. The van der Waals surface area contributed by atoms with Crippen molar-refractivity contribution < 1.29 is 23.9 Å². The van der Waals surface area contributed by atoms with Crippen LogP contribution in [0.3, 0.4) is 0 Å². The zero-order valence-electron chi connectivity index (χ0n) is 25.7. The zero-order valence-corrected chi connectivity index (χ0v) is 25.7. The van der Waals surface area contributed by atoms with Crippen molar-refractivity contribution in [3.05, 3.63) is 71.8 Å². The number of amides is 3. The Morgan fingerprint density at radius 2 is 1.81 bits per heavy atom. The van der Waals surface area contributed by atoms with Gasteiger partial charge in [0.15, 0.2) is 0 Å². The van der Waals surface area contributed by atoms with Crippen LogP contribution in [0.1, 0.15) is 64.0 Å². The summed E-state index contributed by atoms with van der Waals surface area (Å²) in [5.74, 6) is -0.491. The largest absolute Gasteiger partial charge is 0.496 e. The average Bonchev–Trinajstić information content (AvgIpc) is 3.63. The first kappa shape index (κ1) is 29.4. The Morgan fingerprint density at radius 1 is 1.07 bits per heavy atom. The third kappa shape index (κ3) is 5.03. The van der Waals surface area contributed by atoms with Crippen molar-refractivity contribution in [1.29, 1.82) is 0 Å². The van der Waals surface area contributed by atoms with Gasteiger partial charge in [-0.1, -0.05) is 83.0 Å². The normalized spacial score (nSPS) is 32.7. The Kier molecular flexibility index (Phi) is 7.84. The van der Waals surface area contributed by atoms with E-state index in [0.717, 1.165) is 24.8 Å². The number of carbonyl (C=O) groups excluding carboxylic acids is 3. The van der Waals surface area contributed by atoms with Gasteiger partial charge in [-0.3, -0.25) is 14.4 Å². The minimum Gasteiger partial charge on any atom is -0.496 e. The lowest BCUT2D eigenvalue weighted by atomic mass is 9.73. The molecule has 2 N–H and O–H groups in total. The summed E-state index contributed by atoms with van der Waals surface area (Å²) in [7, 11) is 1.59. The van der Waals surface area contributed by atoms with Crippen LogP contribution in [0.25, 0.3) is 0 Å². The number of ether oxygens (including phenoxy) is 2. The number of fused-ring (bicyclic) bond motifs is 1. The van der Waals surface area contributed by atoms with Gasteiger partial charge < -0.3 is 25.0 Å². The van der Waals surface area contributed by atoms with E-state index in [2.05, 4.69) is 38.3 Å². The number of carbonyl (C=O) groups is 3. The van der Waals surface area contributed by atoms with Crippen molar-refractivity contribution in [3.63, 3.8) is 0 Å². The van der Waals surface area contributed by atoms with Crippen molar-refractivity contribution >= 4 is 23.4 Å². The number of rotatable bonds is 8. The van der Waals surface area contributed by atoms with E-state index in [1.54, 1.807) is 12.0 Å². The number of anilines is 1. The summed E-state index contributed by atoms with van der Waals surface area (Å²) in [4.78, 5) is 44.1. The quantitative estimate of drug-likeness (QED) is 0.423. The summed E-state index contributed by atoms with van der Waals surface area (Å²) in [6.07, 6.45) is 6.24. The van der Waals surface area contributed by atoms with E-state index < -0.39 is 29.6 Å². The molecular formula is C35H43N3O5. The fraction of sp³-hybridized carbons (Fsp3) is 0.514. The summed E-state index contributed by atoms with van der Waals surface area (Å²) in [5, 5.41) is 6.34. The SMILES string of the molecule is COc1ccccc1CN1C(=O)[C@H]2C(C(=O)Nc3ccc(C(C)C)cc3)[C@H]3C=CC2(O3)C1C(=O)NC1CCCC(C)C1C. The van der Waals surface area contributed by atoms with Crippen LogP contribution in [-0.2, 0) is 25.7 Å². The van der Waals surface area contributed by atoms with Crippen LogP contribution < -0.4 is 15.4 Å². The minimum absolute atomic E-state index is 0.0189. The maximum absolute atomic E-state index is 14.4. The van der Waals surface area contributed by atoms with Crippen LogP contribution in [0, 0.1) is 23.7 Å². The fourth-order valence-corrected chi connectivity index (χ4v) is 7.68. The maximum Gasteiger partial charge on any atom is 0.246 e. The molecule has 3 amide bonds. The highest BCUT2D eigenvalue weighted by Gasteiger charge is 2.72. The van der Waals surface area contributed by atoms with Gasteiger partial charge in [-0.2, -0.15) is 0 Å². The molecule has 3 fully saturated rings. The first-order valence-electron chi connectivity index (χ1n) is 15.7. The van der Waals surface area contributed by atoms with Gasteiger partial charge in [0.25, 0.3) is 0 Å². The zero-order chi connectivity index (χ0) is 30.5. The van der Waals surface area contributed by atoms with E-state index >= 15 is 0 Å². The molecule has 1 saturated carbocycles. The molecule has 228 valence electrons. The average molecular weight is 586 g/mol. The van der Waals surface area contributed by atoms with Gasteiger partial charge in [0.2, 0.25) is 17.7 Å². The lowest BCUT2D eigenvalue weighted by Crippen LogP contribution is -2.57. The maximum atomic E-state index is 14.4. The molecule has 2 aromatic carbocycles. The second-order valence-electron chi connectivity index (χ2n) is 13.1. The third-order valence-electron chi connectivity index (χ3n) is 10.3. The first-order chi connectivity index (χ1) is 20.6. The van der Waals surface area contributed by atoms with Crippen molar-refractivity contribution in [2.24, 2.45) is 23.7 Å². The van der Waals surface area contributed by atoms with Gasteiger partial charge in [-0.25, -0.2) is 0 Å². The number of hydrogen-bond donors (Lipinski definition) is 2. The number of likely N-dealkylation sites (tertiary alicyclic amines) is 1. The van der Waals surface area contributed by atoms with Crippen LogP contribution in [0.4, 0.5) is 5.69 Å². The molecule has 6 unspecified atom stereocenters. The molecule has 6 rings (SSSR count). The molecule has 2 bridgehead atoms. The van der Waals surface area contributed by atoms with Crippen molar-refractivity contribution in [3.8, 4) is 5.75 Å². The molecule has 8 atom stereocenters. The van der Waals surface area contributed by atoms with E-state index in [0.29, 0.717) is 29.2 Å². The summed E-state index contributed by atoms with van der Waals surface area (Å²) >= 11 is 0. The van der Waals surface area contributed by atoms with Crippen LogP contribution in [0.2, 0.25) is 0 Å². The number of methoxy groups -OCH3 is 1. The molecule has 3 aliphatic heterocycles. The molecule has 0 radical (unpaired) electrons. The molecule has 2 aromatic rings. The van der Waals surface area contributed by atoms with E-state index in [1.165, 1.54) is 5.56 Å². The molecule has 1 aliphatic carbocycles. The predicted octanol–water partition coefficient (Wildman–Crippen LogP) is 5.05. The van der Waals surface area contributed by atoms with E-state index in [1.807, 2.05) is 60.7 Å². The molecule has 2 saturated heterocycles. The fourth-order valence-electron chi connectivity index (χ4n) is 7.68.